The van der Waals surface area contributed by atoms with Crippen molar-refractivity contribution in [2.24, 2.45) is 11.7 Å². The minimum absolute atomic E-state index is 0.199. The average Bonchev–Trinajstić information content (AvgIpc) is 2.27. The van der Waals surface area contributed by atoms with E-state index in [2.05, 4.69) is 0 Å². The Balaban J connectivity index is 2.25. The van der Waals surface area contributed by atoms with E-state index in [0.29, 0.717) is 12.3 Å². The predicted molar refractivity (Wildman–Crippen MR) is 76.3 cm³/mol. The minimum atomic E-state index is -0.421. The molecule has 0 aromatic heterocycles. The summed E-state index contributed by atoms with van der Waals surface area (Å²) >= 11 is 0. The molecule has 110 valence electrons. The molecule has 0 aliphatic carbocycles. The fourth-order valence-electron chi connectivity index (χ4n) is 2.31. The summed E-state index contributed by atoms with van der Waals surface area (Å²) in [7, 11) is 0. The number of amides is 1. The number of carbonyl (C=O) groups is 1. The molecular weight excluding hydrogens is 242 g/mol. The molecule has 1 saturated heterocycles. The van der Waals surface area contributed by atoms with Crippen molar-refractivity contribution in [3.8, 4) is 0 Å². The molecule has 1 heterocycles. The van der Waals surface area contributed by atoms with Crippen LogP contribution in [-0.4, -0.2) is 35.5 Å². The van der Waals surface area contributed by atoms with Crippen LogP contribution in [0.15, 0.2) is 0 Å². The van der Waals surface area contributed by atoms with Crippen molar-refractivity contribution in [3.63, 3.8) is 0 Å². The Morgan fingerprint density at radius 2 is 1.95 bits per heavy atom. The Labute approximate surface area is 116 Å². The highest BCUT2D eigenvalue weighted by Gasteiger charge is 2.26. The predicted octanol–water partition coefficient (Wildman–Crippen LogP) is 2.74. The summed E-state index contributed by atoms with van der Waals surface area (Å²) in [6.45, 7) is 7.22. The number of nitrogens with two attached hydrogens (primary N) is 1. The molecule has 0 radical (unpaired) electrons. The zero-order valence-electron chi connectivity index (χ0n) is 12.4. The number of hydrogen-bond donors (Lipinski definition) is 2. The molecule has 1 rings (SSSR count). The molecule has 1 amide bonds. The third-order valence-corrected chi connectivity index (χ3v) is 3.32. The normalized spacial score (nSPS) is 17.3. The molecule has 0 aromatic rings. The van der Waals surface area contributed by atoms with Gasteiger partial charge in [-0.2, -0.15) is 0 Å². The molecule has 0 aromatic carbocycles. The molecule has 1 aliphatic rings. The van der Waals surface area contributed by atoms with Crippen LogP contribution in [0.5, 0.6) is 0 Å². The zero-order chi connectivity index (χ0) is 14.5. The van der Waals surface area contributed by atoms with Crippen molar-refractivity contribution >= 4 is 11.9 Å². The van der Waals surface area contributed by atoms with Crippen molar-refractivity contribution in [1.82, 2.24) is 4.90 Å². The summed E-state index contributed by atoms with van der Waals surface area (Å²) in [6, 6.07) is 0. The lowest BCUT2D eigenvalue weighted by atomic mass is 9.91. The maximum atomic E-state index is 11.9. The van der Waals surface area contributed by atoms with E-state index in [1.54, 1.807) is 4.90 Å². The van der Waals surface area contributed by atoms with Gasteiger partial charge in [-0.25, -0.2) is 4.79 Å². The molecule has 19 heavy (non-hydrogen) atoms. The van der Waals surface area contributed by atoms with Gasteiger partial charge in [0.05, 0.1) is 5.84 Å². The maximum absolute atomic E-state index is 11.9. The van der Waals surface area contributed by atoms with Gasteiger partial charge in [0, 0.05) is 19.5 Å². The van der Waals surface area contributed by atoms with E-state index in [1.165, 1.54) is 0 Å². The van der Waals surface area contributed by atoms with Crippen LogP contribution < -0.4 is 5.73 Å². The Morgan fingerprint density at radius 1 is 1.37 bits per heavy atom. The number of nitrogens with zero attached hydrogens (tertiary/aromatic N) is 1. The van der Waals surface area contributed by atoms with Gasteiger partial charge in [-0.15, -0.1) is 0 Å². The molecule has 0 bridgehead atoms. The Kier molecular flexibility index (Phi) is 5.63. The van der Waals surface area contributed by atoms with Crippen LogP contribution in [-0.2, 0) is 4.74 Å². The molecule has 1 fully saturated rings. The lowest BCUT2D eigenvalue weighted by molar-refractivity contribution is 0.0181. The van der Waals surface area contributed by atoms with E-state index >= 15 is 0 Å². The largest absolute Gasteiger partial charge is 0.444 e. The van der Waals surface area contributed by atoms with E-state index in [0.717, 1.165) is 38.8 Å². The summed E-state index contributed by atoms with van der Waals surface area (Å²) < 4.78 is 5.37. The van der Waals surface area contributed by atoms with Crippen LogP contribution in [0.25, 0.3) is 0 Å². The monoisotopic (exact) mass is 269 g/mol. The third kappa shape index (κ3) is 6.45. The van der Waals surface area contributed by atoms with E-state index < -0.39 is 5.60 Å². The fraction of sp³-hybridized carbons (Fsp3) is 0.857. The first-order valence-electron chi connectivity index (χ1n) is 7.09. The third-order valence-electron chi connectivity index (χ3n) is 3.32. The Bertz CT molecular complexity index is 315. The number of carbonyl (C=O) groups excluding carboxylic acids is 1. The molecule has 0 unspecified atom stereocenters. The molecule has 0 atom stereocenters. The average molecular weight is 269 g/mol. The van der Waals surface area contributed by atoms with Crippen LogP contribution in [0.2, 0.25) is 0 Å². The molecule has 1 aliphatic heterocycles. The summed E-state index contributed by atoms with van der Waals surface area (Å²) in [5.74, 6) is 0.921. The van der Waals surface area contributed by atoms with Gasteiger partial charge in [0.25, 0.3) is 0 Å². The highest BCUT2D eigenvalue weighted by atomic mass is 16.6. The number of hydrogen-bond acceptors (Lipinski definition) is 3. The number of rotatable bonds is 4. The van der Waals surface area contributed by atoms with Crippen molar-refractivity contribution < 1.29 is 9.53 Å². The van der Waals surface area contributed by atoms with Crippen LogP contribution in [0.4, 0.5) is 4.79 Å². The smallest absolute Gasteiger partial charge is 0.410 e. The lowest BCUT2D eigenvalue weighted by Gasteiger charge is -2.33. The van der Waals surface area contributed by atoms with Gasteiger partial charge in [0.15, 0.2) is 0 Å². The molecule has 3 N–H and O–H groups in total. The highest BCUT2D eigenvalue weighted by molar-refractivity contribution is 5.76. The number of nitrogens with one attached hydrogen (secondary N) is 1. The summed E-state index contributed by atoms with van der Waals surface area (Å²) in [5, 5.41) is 7.19. The molecule has 5 heteroatoms. The Hall–Kier alpha value is -1.26. The SMILES string of the molecule is CC(C)(C)OC(=O)N1CCC(CCCC(=N)N)CC1. The van der Waals surface area contributed by atoms with Crippen molar-refractivity contribution in [1.29, 1.82) is 5.41 Å². The number of piperidine rings is 1. The van der Waals surface area contributed by atoms with E-state index in [1.807, 2.05) is 20.8 Å². The molecule has 5 nitrogen and oxygen atoms in total. The van der Waals surface area contributed by atoms with Crippen molar-refractivity contribution in [2.75, 3.05) is 13.1 Å². The van der Waals surface area contributed by atoms with Crippen LogP contribution >= 0.6 is 0 Å². The molecule has 0 spiro atoms. The number of amidine groups is 1. The number of likely N-dealkylation sites (tertiary alicyclic amines) is 1. The number of ether oxygens (including phenoxy) is 1. The summed E-state index contributed by atoms with van der Waals surface area (Å²) in [6.07, 6.45) is 4.61. The highest BCUT2D eigenvalue weighted by Crippen LogP contribution is 2.23. The lowest BCUT2D eigenvalue weighted by Crippen LogP contribution is -2.41. The Morgan fingerprint density at radius 3 is 2.42 bits per heavy atom. The topological polar surface area (TPSA) is 79.4 Å². The van der Waals surface area contributed by atoms with Crippen molar-refractivity contribution in [3.05, 3.63) is 0 Å². The quantitative estimate of drug-likeness (QED) is 0.608. The van der Waals surface area contributed by atoms with Gasteiger partial charge < -0.3 is 15.4 Å². The van der Waals surface area contributed by atoms with Crippen LogP contribution in [0.1, 0.15) is 52.9 Å². The fourth-order valence-corrected chi connectivity index (χ4v) is 2.31. The summed E-state index contributed by atoms with van der Waals surface area (Å²) in [5.41, 5.74) is 4.92. The van der Waals surface area contributed by atoms with Crippen molar-refractivity contribution in [2.45, 2.75) is 58.5 Å². The first-order valence-corrected chi connectivity index (χ1v) is 7.09. The van der Waals surface area contributed by atoms with Gasteiger partial charge in [0.1, 0.15) is 5.60 Å². The van der Waals surface area contributed by atoms with Gasteiger partial charge in [0.2, 0.25) is 0 Å². The first-order chi connectivity index (χ1) is 8.78. The van der Waals surface area contributed by atoms with Gasteiger partial charge in [-0.1, -0.05) is 0 Å². The first kappa shape index (κ1) is 15.8. The van der Waals surface area contributed by atoms with E-state index in [9.17, 15) is 4.79 Å². The molecule has 0 saturated carbocycles. The standard InChI is InChI=1S/C14H27N3O2/c1-14(2,3)19-13(18)17-9-7-11(8-10-17)5-4-6-12(15)16/h11H,4-10H2,1-3H3,(H3,15,16). The second-order valence-electron chi connectivity index (χ2n) is 6.33. The van der Waals surface area contributed by atoms with Gasteiger partial charge >= 0.3 is 6.09 Å². The van der Waals surface area contributed by atoms with Crippen LogP contribution in [0.3, 0.4) is 0 Å². The van der Waals surface area contributed by atoms with Crippen LogP contribution in [0, 0.1) is 11.3 Å². The van der Waals surface area contributed by atoms with E-state index in [4.69, 9.17) is 15.9 Å². The molecular formula is C14H27N3O2. The minimum Gasteiger partial charge on any atom is -0.444 e. The second-order valence-corrected chi connectivity index (χ2v) is 6.33. The zero-order valence-corrected chi connectivity index (χ0v) is 12.4. The van der Waals surface area contributed by atoms with E-state index in [-0.39, 0.29) is 11.9 Å². The second kappa shape index (κ2) is 6.78. The summed E-state index contributed by atoms with van der Waals surface area (Å²) in [4.78, 5) is 13.7. The van der Waals surface area contributed by atoms with Gasteiger partial charge in [-0.05, 0) is 52.4 Å². The van der Waals surface area contributed by atoms with Gasteiger partial charge in [-0.3, -0.25) is 5.41 Å². The maximum Gasteiger partial charge on any atom is 0.410 e.